The maximum atomic E-state index is 11.8. The number of hydrogen-bond donors (Lipinski definition) is 3. The highest BCUT2D eigenvalue weighted by Crippen LogP contribution is 2.33. The van der Waals surface area contributed by atoms with E-state index in [9.17, 15) is 24.8 Å². The number of anilines is 1. The number of phenolic OH excluding ortho intramolecular Hbond substituents is 1. The number of nitro groups is 1. The number of aromatic nitrogens is 2. The molecule has 1 heterocycles. The number of aromatic hydroxyl groups is 1. The molecule has 20 heavy (non-hydrogen) atoms. The minimum absolute atomic E-state index is 0.151. The number of nitrogens with zero attached hydrogens (tertiary/aromatic N) is 2. The SMILES string of the molecule is O=C(Nc1c(O)cccc1[N+](=O)[O-])c1c[nH]c(=O)cn1. The lowest BCUT2D eigenvalue weighted by Crippen LogP contribution is -2.17. The predicted molar refractivity (Wildman–Crippen MR) is 67.6 cm³/mol. The molecule has 0 bridgehead atoms. The molecule has 2 aromatic rings. The molecule has 0 saturated heterocycles. The van der Waals surface area contributed by atoms with Crippen molar-refractivity contribution in [3.8, 4) is 5.75 Å². The van der Waals surface area contributed by atoms with Crippen molar-refractivity contribution in [1.82, 2.24) is 9.97 Å². The number of para-hydroxylation sites is 1. The summed E-state index contributed by atoms with van der Waals surface area (Å²) in [6, 6.07) is 3.61. The van der Waals surface area contributed by atoms with Crippen LogP contribution in [0.2, 0.25) is 0 Å². The highest BCUT2D eigenvalue weighted by Gasteiger charge is 2.20. The first-order chi connectivity index (χ1) is 9.49. The summed E-state index contributed by atoms with van der Waals surface area (Å²) in [4.78, 5) is 38.5. The van der Waals surface area contributed by atoms with Crippen LogP contribution in [0.4, 0.5) is 11.4 Å². The van der Waals surface area contributed by atoms with Crippen molar-refractivity contribution in [3.63, 3.8) is 0 Å². The van der Waals surface area contributed by atoms with Gasteiger partial charge in [-0.25, -0.2) is 4.98 Å². The zero-order chi connectivity index (χ0) is 14.7. The van der Waals surface area contributed by atoms with E-state index in [0.29, 0.717) is 0 Å². The number of rotatable bonds is 3. The number of benzene rings is 1. The first-order valence-electron chi connectivity index (χ1n) is 5.31. The number of nitrogens with one attached hydrogen (secondary N) is 2. The number of nitro benzene ring substituents is 1. The molecular formula is C11H8N4O5. The summed E-state index contributed by atoms with van der Waals surface area (Å²) in [5, 5.41) is 22.6. The zero-order valence-corrected chi connectivity index (χ0v) is 9.86. The van der Waals surface area contributed by atoms with Crippen LogP contribution in [0.3, 0.4) is 0 Å². The number of carbonyl (C=O) groups is 1. The van der Waals surface area contributed by atoms with Gasteiger partial charge in [0.15, 0.2) is 5.69 Å². The maximum Gasteiger partial charge on any atom is 0.296 e. The number of amides is 1. The largest absolute Gasteiger partial charge is 0.505 e. The monoisotopic (exact) mass is 276 g/mol. The minimum Gasteiger partial charge on any atom is -0.505 e. The number of aromatic amines is 1. The molecule has 1 aromatic heterocycles. The molecule has 0 saturated carbocycles. The van der Waals surface area contributed by atoms with E-state index in [0.717, 1.165) is 18.5 Å². The Morgan fingerprint density at radius 2 is 2.20 bits per heavy atom. The Morgan fingerprint density at radius 1 is 1.45 bits per heavy atom. The molecule has 2 rings (SSSR count). The van der Waals surface area contributed by atoms with Crippen molar-refractivity contribution in [1.29, 1.82) is 0 Å². The summed E-state index contributed by atoms with van der Waals surface area (Å²) in [7, 11) is 0. The average molecular weight is 276 g/mol. The minimum atomic E-state index is -0.800. The third kappa shape index (κ3) is 2.61. The van der Waals surface area contributed by atoms with Gasteiger partial charge in [-0.2, -0.15) is 0 Å². The van der Waals surface area contributed by atoms with Crippen LogP contribution in [0.1, 0.15) is 10.5 Å². The Balaban J connectivity index is 2.35. The van der Waals surface area contributed by atoms with Crippen LogP contribution in [0.15, 0.2) is 35.4 Å². The van der Waals surface area contributed by atoms with Gasteiger partial charge in [0.25, 0.3) is 17.2 Å². The molecule has 1 aromatic carbocycles. The van der Waals surface area contributed by atoms with Crippen LogP contribution in [-0.2, 0) is 0 Å². The summed E-state index contributed by atoms with van der Waals surface area (Å²) in [5.74, 6) is -1.25. The maximum absolute atomic E-state index is 11.8. The van der Waals surface area contributed by atoms with Crippen LogP contribution in [0, 0.1) is 10.1 Å². The molecule has 0 fully saturated rings. The molecule has 9 nitrogen and oxygen atoms in total. The molecule has 0 aliphatic heterocycles. The van der Waals surface area contributed by atoms with Crippen LogP contribution >= 0.6 is 0 Å². The van der Waals surface area contributed by atoms with Gasteiger partial charge in [-0.15, -0.1) is 0 Å². The van der Waals surface area contributed by atoms with Crippen molar-refractivity contribution in [3.05, 3.63) is 56.8 Å². The van der Waals surface area contributed by atoms with E-state index in [1.807, 2.05) is 0 Å². The van der Waals surface area contributed by atoms with Gasteiger partial charge in [0.1, 0.15) is 11.4 Å². The van der Waals surface area contributed by atoms with E-state index in [1.165, 1.54) is 12.1 Å². The Bertz CT molecular complexity index is 719. The highest BCUT2D eigenvalue weighted by atomic mass is 16.6. The van der Waals surface area contributed by atoms with Crippen LogP contribution in [-0.4, -0.2) is 25.9 Å². The molecule has 0 unspecified atom stereocenters. The summed E-state index contributed by atoms with van der Waals surface area (Å²) in [5.41, 5.74) is -1.43. The van der Waals surface area contributed by atoms with Gasteiger partial charge >= 0.3 is 0 Å². The molecular weight excluding hydrogens is 268 g/mol. The zero-order valence-electron chi connectivity index (χ0n) is 9.86. The van der Waals surface area contributed by atoms with E-state index in [-0.39, 0.29) is 11.4 Å². The Labute approximate surface area is 111 Å². The summed E-state index contributed by atoms with van der Waals surface area (Å²) in [6.45, 7) is 0. The lowest BCUT2D eigenvalue weighted by molar-refractivity contribution is -0.384. The van der Waals surface area contributed by atoms with E-state index in [1.54, 1.807) is 0 Å². The normalized spacial score (nSPS) is 10.0. The topological polar surface area (TPSA) is 138 Å². The van der Waals surface area contributed by atoms with Crippen molar-refractivity contribution in [2.24, 2.45) is 0 Å². The summed E-state index contributed by atoms with van der Waals surface area (Å²) in [6.07, 6.45) is 1.96. The standard InChI is InChI=1S/C11H8N4O5/c16-8-3-1-2-7(15(19)20)10(8)14-11(18)6-4-13-9(17)5-12-6/h1-5,16H,(H,13,17)(H,14,18). The molecule has 0 aliphatic rings. The first-order valence-corrected chi connectivity index (χ1v) is 5.31. The second-order valence-corrected chi connectivity index (χ2v) is 3.68. The van der Waals surface area contributed by atoms with E-state index in [4.69, 9.17) is 0 Å². The van der Waals surface area contributed by atoms with Crippen molar-refractivity contribution in [2.75, 3.05) is 5.32 Å². The molecule has 0 aliphatic carbocycles. The predicted octanol–water partition coefficient (Wildman–Crippen LogP) is 0.636. The van der Waals surface area contributed by atoms with Gasteiger partial charge < -0.3 is 15.4 Å². The van der Waals surface area contributed by atoms with Crippen molar-refractivity contribution in [2.45, 2.75) is 0 Å². The van der Waals surface area contributed by atoms with Crippen LogP contribution < -0.4 is 10.9 Å². The molecule has 0 spiro atoms. The fraction of sp³-hybridized carbons (Fsp3) is 0. The van der Waals surface area contributed by atoms with E-state index in [2.05, 4.69) is 15.3 Å². The third-order valence-electron chi connectivity index (χ3n) is 2.36. The van der Waals surface area contributed by atoms with Crippen molar-refractivity contribution < 1.29 is 14.8 Å². The highest BCUT2D eigenvalue weighted by molar-refractivity contribution is 6.04. The first kappa shape index (κ1) is 13.2. The molecule has 0 atom stereocenters. The number of H-pyrrole nitrogens is 1. The second-order valence-electron chi connectivity index (χ2n) is 3.68. The van der Waals surface area contributed by atoms with Crippen molar-refractivity contribution >= 4 is 17.3 Å². The van der Waals surface area contributed by atoms with E-state index >= 15 is 0 Å². The van der Waals surface area contributed by atoms with Gasteiger partial charge in [0.05, 0.1) is 11.1 Å². The van der Waals surface area contributed by atoms with Gasteiger partial charge in [0, 0.05) is 12.3 Å². The molecule has 3 N–H and O–H groups in total. The number of phenols is 1. The Morgan fingerprint density at radius 3 is 2.80 bits per heavy atom. The molecule has 102 valence electrons. The lowest BCUT2D eigenvalue weighted by atomic mass is 10.2. The second kappa shape index (κ2) is 5.18. The quantitative estimate of drug-likeness (QED) is 0.427. The van der Waals surface area contributed by atoms with Gasteiger partial charge in [0.2, 0.25) is 0 Å². The van der Waals surface area contributed by atoms with Gasteiger partial charge in [-0.1, -0.05) is 6.07 Å². The van der Waals surface area contributed by atoms with Crippen LogP contribution in [0.5, 0.6) is 5.75 Å². The third-order valence-corrected chi connectivity index (χ3v) is 2.36. The Hall–Kier alpha value is -3.23. The number of carbonyl (C=O) groups excluding carboxylic acids is 1. The molecule has 0 radical (unpaired) electrons. The van der Waals surface area contributed by atoms with Gasteiger partial charge in [-0.05, 0) is 6.07 Å². The molecule has 1 amide bonds. The fourth-order valence-corrected chi connectivity index (χ4v) is 1.45. The smallest absolute Gasteiger partial charge is 0.296 e. The molecule has 9 heteroatoms. The average Bonchev–Trinajstić information content (AvgIpc) is 2.41. The van der Waals surface area contributed by atoms with E-state index < -0.39 is 27.8 Å². The lowest BCUT2D eigenvalue weighted by Gasteiger charge is -2.06. The fourth-order valence-electron chi connectivity index (χ4n) is 1.45. The van der Waals surface area contributed by atoms with Gasteiger partial charge in [-0.3, -0.25) is 19.7 Å². The Kier molecular flexibility index (Phi) is 3.42. The number of hydrogen-bond acceptors (Lipinski definition) is 6. The summed E-state index contributed by atoms with van der Waals surface area (Å²) < 4.78 is 0. The summed E-state index contributed by atoms with van der Waals surface area (Å²) >= 11 is 0. The van der Waals surface area contributed by atoms with Crippen LogP contribution in [0.25, 0.3) is 0 Å².